The van der Waals surface area contributed by atoms with Gasteiger partial charge in [-0.25, -0.2) is 4.79 Å². The largest absolute Gasteiger partial charge is 0.496 e. The zero-order chi connectivity index (χ0) is 46.8. The number of hydrogen-bond acceptors (Lipinski definition) is 11. The van der Waals surface area contributed by atoms with Crippen LogP contribution in [-0.4, -0.2) is 79.1 Å². The number of ether oxygens (including phenoxy) is 5. The van der Waals surface area contributed by atoms with Crippen LogP contribution in [0.2, 0.25) is 0 Å². The number of carbonyl (C=O) groups is 2. The number of benzene rings is 5. The molecule has 1 aliphatic heterocycles. The molecule has 8 rings (SSSR count). The molecule has 2 N–H and O–H groups in total. The number of unbranched alkanes of at least 4 members (excludes halogenated alkanes) is 2. The first-order valence-electron chi connectivity index (χ1n) is 23.2. The molecule has 1 amide bonds. The lowest BCUT2D eigenvalue weighted by Gasteiger charge is -2.59. The van der Waals surface area contributed by atoms with Gasteiger partial charge in [0.1, 0.15) is 35.6 Å². The number of hydrogen-bond donors (Lipinski definition) is 2. The number of allylic oxidation sites excluding steroid dienone is 1. The highest BCUT2D eigenvalue weighted by atomic mass is 16.7. The number of aldehydes is 1. The fourth-order valence-corrected chi connectivity index (χ4v) is 10.5. The van der Waals surface area contributed by atoms with Crippen LogP contribution in [0.4, 0.5) is 4.79 Å². The predicted molar refractivity (Wildman–Crippen MR) is 257 cm³/mol. The summed E-state index contributed by atoms with van der Waals surface area (Å²) >= 11 is 0. The average Bonchev–Trinajstić information content (AvgIpc) is 3.36. The van der Waals surface area contributed by atoms with Gasteiger partial charge in [0.15, 0.2) is 6.29 Å². The van der Waals surface area contributed by atoms with E-state index in [0.717, 1.165) is 65.0 Å². The Kier molecular flexibility index (Phi) is 15.4. The molecule has 67 heavy (non-hydrogen) atoms. The van der Waals surface area contributed by atoms with E-state index in [1.54, 1.807) is 29.2 Å². The van der Waals surface area contributed by atoms with Crippen molar-refractivity contribution >= 4 is 28.9 Å². The van der Waals surface area contributed by atoms with E-state index in [1.165, 1.54) is 14.2 Å². The van der Waals surface area contributed by atoms with Crippen LogP contribution in [0.25, 0.3) is 10.8 Å². The minimum absolute atomic E-state index is 0.0128. The zero-order valence-corrected chi connectivity index (χ0v) is 38.3. The average molecular weight is 909 g/mol. The summed E-state index contributed by atoms with van der Waals surface area (Å²) < 4.78 is 32.2. The molecule has 1 fully saturated rings. The number of aliphatic hydroxyl groups excluding tert-OH is 2. The summed E-state index contributed by atoms with van der Waals surface area (Å²) in [5.41, 5.74) is 4.69. The van der Waals surface area contributed by atoms with E-state index in [-0.39, 0.29) is 57.1 Å². The molecule has 5 aromatic carbocycles. The van der Waals surface area contributed by atoms with Gasteiger partial charge in [-0.3, -0.25) is 9.69 Å². The second kappa shape index (κ2) is 21.9. The lowest BCUT2D eigenvalue weighted by molar-refractivity contribution is -0.256. The van der Waals surface area contributed by atoms with Crippen LogP contribution in [0.15, 0.2) is 139 Å². The molecule has 0 unspecified atom stereocenters. The molecule has 0 radical (unpaired) electrons. The molecular formula is C55H60N2O10. The van der Waals surface area contributed by atoms with Crippen molar-refractivity contribution in [2.24, 2.45) is 22.9 Å². The van der Waals surface area contributed by atoms with Gasteiger partial charge in [-0.05, 0) is 101 Å². The summed E-state index contributed by atoms with van der Waals surface area (Å²) in [6, 6.07) is 34.1. The van der Waals surface area contributed by atoms with Crippen molar-refractivity contribution in [1.29, 1.82) is 0 Å². The molecule has 12 nitrogen and oxygen atoms in total. The number of rotatable bonds is 21. The summed E-state index contributed by atoms with van der Waals surface area (Å²) in [6.45, 7) is 4.71. The summed E-state index contributed by atoms with van der Waals surface area (Å²) in [4.78, 5) is 34.6. The van der Waals surface area contributed by atoms with E-state index in [2.05, 4.69) is 30.9 Å². The monoisotopic (exact) mass is 908 g/mol. The molecule has 0 spiro atoms. The Bertz CT molecular complexity index is 2570. The van der Waals surface area contributed by atoms with Gasteiger partial charge < -0.3 is 38.7 Å². The molecule has 1 heterocycles. The molecule has 6 atom stereocenters. The molecule has 1 saturated carbocycles. The first-order chi connectivity index (χ1) is 32.9. The molecule has 3 aliphatic rings. The van der Waals surface area contributed by atoms with E-state index < -0.39 is 23.8 Å². The van der Waals surface area contributed by atoms with E-state index in [9.17, 15) is 19.8 Å². The van der Waals surface area contributed by atoms with Crippen LogP contribution in [0.5, 0.6) is 23.0 Å². The van der Waals surface area contributed by atoms with E-state index in [4.69, 9.17) is 33.7 Å². The molecule has 12 heteroatoms. The number of amides is 1. The zero-order valence-electron chi connectivity index (χ0n) is 38.3. The van der Waals surface area contributed by atoms with Crippen LogP contribution in [0.1, 0.15) is 77.9 Å². The van der Waals surface area contributed by atoms with Crippen molar-refractivity contribution in [2.45, 2.75) is 75.8 Å². The molecular weight excluding hydrogens is 849 g/mol. The topological polar surface area (TPSA) is 146 Å². The first kappa shape index (κ1) is 47.0. The highest BCUT2D eigenvalue weighted by Gasteiger charge is 2.65. The van der Waals surface area contributed by atoms with E-state index in [0.29, 0.717) is 47.1 Å². The Labute approximate surface area is 392 Å². The molecule has 0 saturated heterocycles. The van der Waals surface area contributed by atoms with Gasteiger partial charge >= 0.3 is 6.09 Å². The molecule has 2 aliphatic carbocycles. The molecule has 0 bridgehead atoms. The third-order valence-electron chi connectivity index (χ3n) is 13.5. The highest BCUT2D eigenvalue weighted by molar-refractivity contribution is 6.03. The molecule has 5 aromatic rings. The van der Waals surface area contributed by atoms with Crippen LogP contribution in [0.3, 0.4) is 0 Å². The van der Waals surface area contributed by atoms with E-state index >= 15 is 0 Å². The maximum atomic E-state index is 14.6. The van der Waals surface area contributed by atoms with Crippen molar-refractivity contribution in [2.75, 3.05) is 34.0 Å². The Hall–Kier alpha value is -6.47. The van der Waals surface area contributed by atoms with Crippen LogP contribution in [-0.2, 0) is 27.5 Å². The normalized spacial score (nSPS) is 22.1. The molecule has 350 valence electrons. The maximum absolute atomic E-state index is 14.6. The minimum atomic E-state index is -1.50. The molecule has 0 aromatic heterocycles. The van der Waals surface area contributed by atoms with Crippen LogP contribution < -0.4 is 14.2 Å². The summed E-state index contributed by atoms with van der Waals surface area (Å²) in [5.74, 6) is -0.338. The Morgan fingerprint density at radius 1 is 0.896 bits per heavy atom. The second-order valence-electron chi connectivity index (χ2n) is 17.4. The number of methoxy groups -OCH3 is 2. The summed E-state index contributed by atoms with van der Waals surface area (Å²) in [6.07, 6.45) is 8.77. The predicted octanol–water partition coefficient (Wildman–Crippen LogP) is 10.6. The Morgan fingerprint density at radius 2 is 1.64 bits per heavy atom. The van der Waals surface area contributed by atoms with Crippen LogP contribution >= 0.6 is 0 Å². The van der Waals surface area contributed by atoms with Crippen molar-refractivity contribution in [3.8, 4) is 23.0 Å². The fraction of sp³-hybridized carbons (Fsp3) is 0.364. The number of carbonyl (C=O) groups excluding carboxylic acids is 2. The minimum Gasteiger partial charge on any atom is -0.496 e. The fourth-order valence-electron chi connectivity index (χ4n) is 10.5. The van der Waals surface area contributed by atoms with Gasteiger partial charge in [0.05, 0.1) is 44.6 Å². The van der Waals surface area contributed by atoms with Gasteiger partial charge in [0.2, 0.25) is 5.79 Å². The Morgan fingerprint density at radius 3 is 2.40 bits per heavy atom. The van der Waals surface area contributed by atoms with Gasteiger partial charge in [0, 0.05) is 31.1 Å². The lowest BCUT2D eigenvalue weighted by atomic mass is 9.55. The lowest BCUT2D eigenvalue weighted by Crippen LogP contribution is -2.70. The third-order valence-corrected chi connectivity index (χ3v) is 13.5. The van der Waals surface area contributed by atoms with Gasteiger partial charge in [-0.1, -0.05) is 103 Å². The second-order valence-corrected chi connectivity index (χ2v) is 17.4. The quantitative estimate of drug-likeness (QED) is 0.0316. The van der Waals surface area contributed by atoms with Crippen LogP contribution in [0, 0.1) is 17.8 Å². The van der Waals surface area contributed by atoms with E-state index in [1.807, 2.05) is 72.8 Å². The third kappa shape index (κ3) is 9.98. The standard InChI is InChI=1S/C55H60N2O10/c1-4-29-64-55-51(57(54(61)63-3)34-40-20-14-19-38-17-8-9-21-44(38)40)33-48(56-65-36-37-15-6-5-7-16-37)46-31-39(18-10-12-27-58)45(22-11-13-28-59)52(53(46)55)47-32-43(24-26-50(47)67-55)66-42-23-25-49(62-2)41(30-42)35-60/h4-9,14-17,19-21,23-26,30-32,35,39,45,51-53,58-59H,1,10-13,18,22,27-29,33-34,36H2,2-3H3/t39-,45+,51-,52+,53+,55+/m0/s1. The Balaban J connectivity index is 1.34. The number of fused-ring (bicyclic) bond motifs is 3. The van der Waals surface area contributed by atoms with Crippen molar-refractivity contribution in [3.63, 3.8) is 0 Å². The smallest absolute Gasteiger partial charge is 0.410 e. The first-order valence-corrected chi connectivity index (χ1v) is 23.2. The van der Waals surface area contributed by atoms with Gasteiger partial charge in [0.25, 0.3) is 0 Å². The van der Waals surface area contributed by atoms with Gasteiger partial charge in [-0.2, -0.15) is 0 Å². The maximum Gasteiger partial charge on any atom is 0.410 e. The summed E-state index contributed by atoms with van der Waals surface area (Å²) in [7, 11) is 2.90. The van der Waals surface area contributed by atoms with Crippen molar-refractivity contribution in [3.05, 3.63) is 156 Å². The van der Waals surface area contributed by atoms with Crippen molar-refractivity contribution < 1.29 is 48.3 Å². The highest BCUT2D eigenvalue weighted by Crippen LogP contribution is 2.62. The number of oxime groups is 1. The summed E-state index contributed by atoms with van der Waals surface area (Å²) in [5, 5.41) is 27.1. The number of aliphatic hydroxyl groups is 2. The number of nitrogens with zero attached hydrogens (tertiary/aromatic N) is 2. The van der Waals surface area contributed by atoms with Crippen molar-refractivity contribution in [1.82, 2.24) is 4.90 Å². The SMILES string of the molecule is C=CCO[C@@]12Oc3ccc(Oc4ccc(OC)c(C=O)c4)cc3[C@H]3[C@H](CCCCO)[C@@H](CCCCO)C=C(C(=NOCc4ccccc4)C[C@@H]1N(Cc1cccc4ccccc14)C(=O)OC)[C@H]32. The van der Waals surface area contributed by atoms with Gasteiger partial charge in [-0.15, -0.1) is 6.58 Å².